The quantitative estimate of drug-likeness (QED) is 0.281. The van der Waals surface area contributed by atoms with E-state index in [1.807, 2.05) is 24.3 Å². The summed E-state index contributed by atoms with van der Waals surface area (Å²) in [6.07, 6.45) is 0.691. The second-order valence-electron chi connectivity index (χ2n) is 10.5. The molecule has 42 heavy (non-hydrogen) atoms. The number of carbonyl (C=O) groups excluding carboxylic acids is 2. The van der Waals surface area contributed by atoms with Gasteiger partial charge in [0, 0.05) is 34.8 Å². The number of para-hydroxylation sites is 2. The molecule has 2 aromatic heterocycles. The van der Waals surface area contributed by atoms with Gasteiger partial charge in [0.1, 0.15) is 0 Å². The van der Waals surface area contributed by atoms with Crippen LogP contribution in [0.1, 0.15) is 55.0 Å². The fraction of sp³-hybridized carbons (Fsp3) is 0.333. The summed E-state index contributed by atoms with van der Waals surface area (Å²) in [6.45, 7) is 2.02. The van der Waals surface area contributed by atoms with Crippen molar-refractivity contribution >= 4 is 34.4 Å². The van der Waals surface area contributed by atoms with Crippen molar-refractivity contribution in [1.82, 2.24) is 19.4 Å². The number of imidazole rings is 1. The summed E-state index contributed by atoms with van der Waals surface area (Å²) in [7, 11) is 0. The van der Waals surface area contributed by atoms with Gasteiger partial charge in [0.05, 0.1) is 22.9 Å². The standard InChI is InChI=1S/C30H30ClF2N5O4/c1-17(28(34)39)42-26-13-11-21(15-35-26)38-25-5-3-2-4-24(25)37(30(38)41)16-18-6-9-20(10-7-18)36-29(40)23-14-19(31)8-12-22(23)27(32)33/h2-5,8,11-15,17-18,20,27H,6-7,9-10,16H2,1H3,(H2,34,39)(H,36,40)/t17-,18-,20-/m0/s1. The highest BCUT2D eigenvalue weighted by atomic mass is 35.5. The van der Waals surface area contributed by atoms with Crippen LogP contribution < -0.4 is 21.5 Å². The largest absolute Gasteiger partial charge is 0.465 e. The highest BCUT2D eigenvalue weighted by Gasteiger charge is 2.27. The molecular weight excluding hydrogens is 568 g/mol. The number of carbonyl (C=O) groups is 2. The highest BCUT2D eigenvalue weighted by molar-refractivity contribution is 6.31. The zero-order valence-electron chi connectivity index (χ0n) is 22.8. The number of alkyl halides is 2. The number of pyridine rings is 1. The molecule has 220 valence electrons. The Balaban J connectivity index is 1.29. The minimum Gasteiger partial charge on any atom is -0.465 e. The molecule has 1 atom stereocenters. The topological polar surface area (TPSA) is 121 Å². The fourth-order valence-corrected chi connectivity index (χ4v) is 5.55. The monoisotopic (exact) mass is 597 g/mol. The number of nitrogens with two attached hydrogens (primary N) is 1. The Labute approximate surface area is 245 Å². The van der Waals surface area contributed by atoms with Gasteiger partial charge in [-0.3, -0.25) is 18.7 Å². The van der Waals surface area contributed by atoms with E-state index in [2.05, 4.69) is 10.3 Å². The molecule has 0 bridgehead atoms. The number of hydrogen-bond acceptors (Lipinski definition) is 5. The van der Waals surface area contributed by atoms with E-state index in [9.17, 15) is 23.2 Å². The molecule has 2 amide bonds. The zero-order chi connectivity index (χ0) is 30.0. The van der Waals surface area contributed by atoms with E-state index >= 15 is 0 Å². The van der Waals surface area contributed by atoms with E-state index in [4.69, 9.17) is 22.1 Å². The molecule has 0 unspecified atom stereocenters. The molecule has 1 saturated carbocycles. The van der Waals surface area contributed by atoms with Gasteiger partial charge in [0.15, 0.2) is 6.10 Å². The smallest absolute Gasteiger partial charge is 0.333 e. The molecule has 2 aromatic carbocycles. The third-order valence-corrected chi connectivity index (χ3v) is 7.87. The second-order valence-corrected chi connectivity index (χ2v) is 10.9. The Morgan fingerprint density at radius 2 is 1.81 bits per heavy atom. The van der Waals surface area contributed by atoms with Crippen LogP contribution in [0, 0.1) is 5.92 Å². The molecule has 9 nitrogen and oxygen atoms in total. The number of fused-ring (bicyclic) bond motifs is 1. The van der Waals surface area contributed by atoms with Crippen LogP contribution in [0.3, 0.4) is 0 Å². The molecular formula is C30H30ClF2N5O4. The van der Waals surface area contributed by atoms with E-state index in [1.165, 1.54) is 31.3 Å². The zero-order valence-corrected chi connectivity index (χ0v) is 23.6. The predicted molar refractivity (Wildman–Crippen MR) is 154 cm³/mol. The SMILES string of the molecule is C[C@H](Oc1ccc(-n2c(=O)n(C[C@H]3CC[C@H](NC(=O)c4cc(Cl)ccc4C(F)F)CC3)c3ccccc32)cn1)C(N)=O. The number of primary amides is 1. The third kappa shape index (κ3) is 6.15. The average Bonchev–Trinajstić information content (AvgIpc) is 3.25. The molecule has 3 N–H and O–H groups in total. The highest BCUT2D eigenvalue weighted by Crippen LogP contribution is 2.29. The average molecular weight is 598 g/mol. The molecule has 0 radical (unpaired) electrons. The van der Waals surface area contributed by atoms with E-state index in [-0.39, 0.29) is 39.7 Å². The van der Waals surface area contributed by atoms with Crippen LogP contribution in [0.2, 0.25) is 5.02 Å². The first kappa shape index (κ1) is 29.2. The van der Waals surface area contributed by atoms with Gasteiger partial charge < -0.3 is 15.8 Å². The fourth-order valence-electron chi connectivity index (χ4n) is 5.37. The maximum absolute atomic E-state index is 13.7. The van der Waals surface area contributed by atoms with Crippen molar-refractivity contribution in [3.63, 3.8) is 0 Å². The number of ether oxygens (including phenoxy) is 1. The van der Waals surface area contributed by atoms with E-state index < -0.39 is 24.3 Å². The van der Waals surface area contributed by atoms with E-state index in [1.54, 1.807) is 21.3 Å². The first-order chi connectivity index (χ1) is 20.1. The van der Waals surface area contributed by atoms with Crippen molar-refractivity contribution in [2.24, 2.45) is 11.7 Å². The maximum Gasteiger partial charge on any atom is 0.333 e. The molecule has 0 saturated heterocycles. The number of amides is 2. The van der Waals surface area contributed by atoms with Crippen molar-refractivity contribution < 1.29 is 23.1 Å². The van der Waals surface area contributed by atoms with Crippen LogP contribution in [-0.4, -0.2) is 38.1 Å². The molecule has 12 heteroatoms. The van der Waals surface area contributed by atoms with Gasteiger partial charge in [-0.25, -0.2) is 18.6 Å². The Morgan fingerprint density at radius 1 is 1.10 bits per heavy atom. The van der Waals surface area contributed by atoms with Crippen LogP contribution in [0.4, 0.5) is 8.78 Å². The number of rotatable bonds is 9. The lowest BCUT2D eigenvalue weighted by atomic mass is 9.85. The summed E-state index contributed by atoms with van der Waals surface area (Å²) in [5.74, 6) is -0.781. The molecule has 4 aromatic rings. The molecule has 1 aliphatic carbocycles. The van der Waals surface area contributed by atoms with Gasteiger partial charge in [0.25, 0.3) is 18.2 Å². The molecule has 0 spiro atoms. The van der Waals surface area contributed by atoms with Crippen molar-refractivity contribution in [3.05, 3.63) is 87.4 Å². The number of aromatic nitrogens is 3. The number of nitrogens with zero attached hydrogens (tertiary/aromatic N) is 3. The van der Waals surface area contributed by atoms with E-state index in [0.717, 1.165) is 23.9 Å². The van der Waals surface area contributed by atoms with Gasteiger partial charge in [-0.1, -0.05) is 29.8 Å². The van der Waals surface area contributed by atoms with Crippen LogP contribution >= 0.6 is 11.6 Å². The van der Waals surface area contributed by atoms with Gasteiger partial charge >= 0.3 is 5.69 Å². The van der Waals surface area contributed by atoms with Crippen LogP contribution in [0.25, 0.3) is 16.7 Å². The summed E-state index contributed by atoms with van der Waals surface area (Å²) >= 11 is 5.96. The van der Waals surface area contributed by atoms with Crippen LogP contribution in [-0.2, 0) is 11.3 Å². The predicted octanol–water partition coefficient (Wildman–Crippen LogP) is 5.02. The lowest BCUT2D eigenvalue weighted by Gasteiger charge is -2.29. The summed E-state index contributed by atoms with van der Waals surface area (Å²) in [4.78, 5) is 42.0. The number of hydrogen-bond donors (Lipinski definition) is 2. The lowest BCUT2D eigenvalue weighted by Crippen LogP contribution is -2.39. The summed E-state index contributed by atoms with van der Waals surface area (Å²) in [6, 6.07) is 14.4. The second kappa shape index (κ2) is 12.3. The normalized spacial score (nSPS) is 17.7. The Hall–Kier alpha value is -4.25. The Kier molecular flexibility index (Phi) is 8.58. The maximum atomic E-state index is 13.7. The van der Waals surface area contributed by atoms with Gasteiger partial charge in [-0.05, 0) is 68.9 Å². The van der Waals surface area contributed by atoms with Crippen LogP contribution in [0.5, 0.6) is 5.88 Å². The Morgan fingerprint density at radius 3 is 2.45 bits per heavy atom. The third-order valence-electron chi connectivity index (χ3n) is 7.63. The first-order valence-corrected chi connectivity index (χ1v) is 14.0. The van der Waals surface area contributed by atoms with Crippen molar-refractivity contribution in [2.45, 2.75) is 57.7 Å². The van der Waals surface area contributed by atoms with Gasteiger partial charge in [0.2, 0.25) is 5.88 Å². The molecule has 1 fully saturated rings. The van der Waals surface area contributed by atoms with Gasteiger partial charge in [-0.2, -0.15) is 0 Å². The van der Waals surface area contributed by atoms with Crippen LogP contribution in [0.15, 0.2) is 65.6 Å². The van der Waals surface area contributed by atoms with Crippen molar-refractivity contribution in [1.29, 1.82) is 0 Å². The minimum absolute atomic E-state index is 0.115. The van der Waals surface area contributed by atoms with Crippen molar-refractivity contribution in [3.8, 4) is 11.6 Å². The van der Waals surface area contributed by atoms with E-state index in [0.29, 0.717) is 25.1 Å². The summed E-state index contributed by atoms with van der Waals surface area (Å²) in [5.41, 5.74) is 6.62. The molecule has 2 heterocycles. The first-order valence-electron chi connectivity index (χ1n) is 13.6. The molecule has 5 rings (SSSR count). The molecule has 0 aliphatic heterocycles. The lowest BCUT2D eigenvalue weighted by molar-refractivity contribution is -0.124. The number of halogens is 3. The summed E-state index contributed by atoms with van der Waals surface area (Å²) in [5, 5.41) is 3.10. The van der Waals surface area contributed by atoms with Crippen molar-refractivity contribution in [2.75, 3.05) is 0 Å². The minimum atomic E-state index is -2.79. The van der Waals surface area contributed by atoms with Gasteiger partial charge in [-0.15, -0.1) is 0 Å². The number of nitrogens with one attached hydrogen (secondary N) is 1. The number of benzene rings is 2. The Bertz CT molecular complexity index is 1660. The molecule has 1 aliphatic rings. The summed E-state index contributed by atoms with van der Waals surface area (Å²) < 4.78 is 35.6.